The topological polar surface area (TPSA) is 35.5 Å². The first-order chi connectivity index (χ1) is 10.1. The number of anilines is 1. The molecule has 0 amide bonds. The number of nitrogens with zero attached hydrogens (tertiary/aromatic N) is 1. The SMILES string of the molecule is CNCc1c(F)cccc1N1CCC2(O)CCCCC2C1. The normalized spacial score (nSPS) is 29.3. The van der Waals surface area contributed by atoms with Gasteiger partial charge in [-0.15, -0.1) is 0 Å². The fourth-order valence-electron chi connectivity index (χ4n) is 3.98. The Labute approximate surface area is 126 Å². The number of fused-ring (bicyclic) bond motifs is 1. The van der Waals surface area contributed by atoms with Crippen molar-refractivity contribution in [2.24, 2.45) is 5.92 Å². The first-order valence-corrected chi connectivity index (χ1v) is 8.03. The van der Waals surface area contributed by atoms with Crippen LogP contribution in [0.5, 0.6) is 0 Å². The zero-order valence-corrected chi connectivity index (χ0v) is 12.7. The molecule has 3 nitrogen and oxygen atoms in total. The average molecular weight is 292 g/mol. The molecule has 0 aromatic heterocycles. The predicted octanol–water partition coefficient (Wildman–Crippen LogP) is 2.68. The summed E-state index contributed by atoms with van der Waals surface area (Å²) in [7, 11) is 1.84. The van der Waals surface area contributed by atoms with Crippen LogP contribution in [0.15, 0.2) is 18.2 Å². The van der Waals surface area contributed by atoms with Gasteiger partial charge in [0, 0.05) is 36.8 Å². The van der Waals surface area contributed by atoms with Crippen molar-refractivity contribution in [1.29, 1.82) is 0 Å². The summed E-state index contributed by atoms with van der Waals surface area (Å²) in [5, 5.41) is 13.8. The van der Waals surface area contributed by atoms with E-state index in [1.165, 1.54) is 12.5 Å². The number of rotatable bonds is 3. The van der Waals surface area contributed by atoms with E-state index in [4.69, 9.17) is 0 Å². The lowest BCUT2D eigenvalue weighted by Crippen LogP contribution is -2.53. The van der Waals surface area contributed by atoms with Gasteiger partial charge in [-0.3, -0.25) is 0 Å². The van der Waals surface area contributed by atoms with E-state index in [1.54, 1.807) is 6.07 Å². The third kappa shape index (κ3) is 2.79. The van der Waals surface area contributed by atoms with Crippen LogP contribution in [0, 0.1) is 11.7 Å². The fraction of sp³-hybridized carbons (Fsp3) is 0.647. The molecule has 4 heteroatoms. The Morgan fingerprint density at radius 3 is 3.05 bits per heavy atom. The van der Waals surface area contributed by atoms with Gasteiger partial charge in [-0.2, -0.15) is 0 Å². The molecule has 0 bridgehead atoms. The number of hydrogen-bond donors (Lipinski definition) is 2. The van der Waals surface area contributed by atoms with Crippen LogP contribution in [0.4, 0.5) is 10.1 Å². The van der Waals surface area contributed by atoms with E-state index in [1.807, 2.05) is 13.1 Å². The Kier molecular flexibility index (Phi) is 4.18. The second kappa shape index (κ2) is 5.93. The summed E-state index contributed by atoms with van der Waals surface area (Å²) in [6.45, 7) is 2.19. The lowest BCUT2D eigenvalue weighted by atomic mass is 9.71. The van der Waals surface area contributed by atoms with Crippen LogP contribution in [0.25, 0.3) is 0 Å². The van der Waals surface area contributed by atoms with Gasteiger partial charge in [-0.25, -0.2) is 4.39 Å². The standard InChI is InChI=1S/C17H25FN2O/c1-19-11-14-15(18)6-4-7-16(14)20-10-9-17(21)8-3-2-5-13(17)12-20/h4,6-7,13,19,21H,2-3,5,8-12H2,1H3. The average Bonchev–Trinajstić information content (AvgIpc) is 2.49. The highest BCUT2D eigenvalue weighted by atomic mass is 19.1. The molecule has 1 aliphatic carbocycles. The quantitative estimate of drug-likeness (QED) is 0.899. The van der Waals surface area contributed by atoms with Gasteiger partial charge in [0.1, 0.15) is 5.82 Å². The number of benzene rings is 1. The highest BCUT2D eigenvalue weighted by Crippen LogP contribution is 2.41. The molecule has 2 unspecified atom stereocenters. The summed E-state index contributed by atoms with van der Waals surface area (Å²) in [6.07, 6.45) is 5.15. The molecule has 3 rings (SSSR count). The molecule has 2 fully saturated rings. The van der Waals surface area contributed by atoms with Gasteiger partial charge in [0.2, 0.25) is 0 Å². The van der Waals surface area contributed by atoms with Gasteiger partial charge < -0.3 is 15.3 Å². The van der Waals surface area contributed by atoms with Crippen molar-refractivity contribution in [3.63, 3.8) is 0 Å². The largest absolute Gasteiger partial charge is 0.389 e. The van der Waals surface area contributed by atoms with E-state index in [2.05, 4.69) is 10.2 Å². The number of aliphatic hydroxyl groups is 1. The summed E-state index contributed by atoms with van der Waals surface area (Å²) < 4.78 is 14.1. The van der Waals surface area contributed by atoms with Crippen molar-refractivity contribution in [3.05, 3.63) is 29.6 Å². The van der Waals surface area contributed by atoms with Crippen molar-refractivity contribution < 1.29 is 9.50 Å². The van der Waals surface area contributed by atoms with Gasteiger partial charge in [-0.1, -0.05) is 18.9 Å². The molecule has 2 atom stereocenters. The van der Waals surface area contributed by atoms with Crippen molar-refractivity contribution in [2.75, 3.05) is 25.0 Å². The minimum Gasteiger partial charge on any atom is -0.389 e. The highest BCUT2D eigenvalue weighted by Gasteiger charge is 2.43. The summed E-state index contributed by atoms with van der Waals surface area (Å²) in [6, 6.07) is 5.31. The smallest absolute Gasteiger partial charge is 0.129 e. The molecular formula is C17H25FN2O. The van der Waals surface area contributed by atoms with E-state index < -0.39 is 5.60 Å². The lowest BCUT2D eigenvalue weighted by Gasteiger charge is -2.48. The molecule has 1 saturated carbocycles. The van der Waals surface area contributed by atoms with Crippen molar-refractivity contribution in [2.45, 2.75) is 44.2 Å². The van der Waals surface area contributed by atoms with E-state index in [9.17, 15) is 9.50 Å². The van der Waals surface area contributed by atoms with Crippen molar-refractivity contribution in [1.82, 2.24) is 5.32 Å². The van der Waals surface area contributed by atoms with Gasteiger partial charge in [0.25, 0.3) is 0 Å². The van der Waals surface area contributed by atoms with Gasteiger partial charge in [0.05, 0.1) is 5.60 Å². The van der Waals surface area contributed by atoms with Crippen LogP contribution in [-0.4, -0.2) is 30.8 Å². The van der Waals surface area contributed by atoms with Crippen LogP contribution >= 0.6 is 0 Å². The Morgan fingerprint density at radius 2 is 2.24 bits per heavy atom. The Bertz CT molecular complexity index is 508. The molecule has 1 saturated heterocycles. The van der Waals surface area contributed by atoms with Crippen LogP contribution in [-0.2, 0) is 6.54 Å². The molecule has 2 N–H and O–H groups in total. The van der Waals surface area contributed by atoms with E-state index in [0.29, 0.717) is 12.5 Å². The maximum atomic E-state index is 14.1. The molecule has 1 aromatic carbocycles. The van der Waals surface area contributed by atoms with Crippen LogP contribution < -0.4 is 10.2 Å². The van der Waals surface area contributed by atoms with Crippen molar-refractivity contribution >= 4 is 5.69 Å². The molecule has 116 valence electrons. The summed E-state index contributed by atoms with van der Waals surface area (Å²) >= 11 is 0. The maximum Gasteiger partial charge on any atom is 0.129 e. The minimum atomic E-state index is -0.481. The molecule has 1 heterocycles. The maximum absolute atomic E-state index is 14.1. The zero-order valence-electron chi connectivity index (χ0n) is 12.7. The van der Waals surface area contributed by atoms with E-state index in [-0.39, 0.29) is 5.82 Å². The first-order valence-electron chi connectivity index (χ1n) is 8.03. The van der Waals surface area contributed by atoms with Crippen LogP contribution in [0.3, 0.4) is 0 Å². The van der Waals surface area contributed by atoms with Crippen LogP contribution in [0.2, 0.25) is 0 Å². The number of nitrogens with one attached hydrogen (secondary N) is 1. The Morgan fingerprint density at radius 1 is 1.38 bits per heavy atom. The zero-order chi connectivity index (χ0) is 14.9. The molecule has 1 aromatic rings. The summed E-state index contributed by atoms with van der Waals surface area (Å²) in [4.78, 5) is 2.26. The Hall–Kier alpha value is -1.13. The van der Waals surface area contributed by atoms with E-state index in [0.717, 1.165) is 50.0 Å². The van der Waals surface area contributed by atoms with Gasteiger partial charge in [0.15, 0.2) is 0 Å². The number of halogens is 1. The third-order valence-electron chi connectivity index (χ3n) is 5.22. The second-order valence-corrected chi connectivity index (χ2v) is 6.51. The minimum absolute atomic E-state index is 0.147. The highest BCUT2D eigenvalue weighted by molar-refractivity contribution is 5.55. The molecular weight excluding hydrogens is 267 g/mol. The summed E-state index contributed by atoms with van der Waals surface area (Å²) in [5.41, 5.74) is 1.24. The molecule has 1 aliphatic heterocycles. The fourth-order valence-corrected chi connectivity index (χ4v) is 3.98. The molecule has 0 radical (unpaired) electrons. The predicted molar refractivity (Wildman–Crippen MR) is 82.9 cm³/mol. The Balaban J connectivity index is 1.84. The van der Waals surface area contributed by atoms with Crippen LogP contribution in [0.1, 0.15) is 37.7 Å². The molecule has 0 spiro atoms. The van der Waals surface area contributed by atoms with Crippen molar-refractivity contribution in [3.8, 4) is 0 Å². The second-order valence-electron chi connectivity index (χ2n) is 6.51. The number of hydrogen-bond acceptors (Lipinski definition) is 3. The van der Waals surface area contributed by atoms with Gasteiger partial charge >= 0.3 is 0 Å². The van der Waals surface area contributed by atoms with E-state index >= 15 is 0 Å². The first kappa shape index (κ1) is 14.8. The van der Waals surface area contributed by atoms with Gasteiger partial charge in [-0.05, 0) is 38.4 Å². The number of piperidine rings is 1. The monoisotopic (exact) mass is 292 g/mol. The third-order valence-corrected chi connectivity index (χ3v) is 5.22. The molecule has 21 heavy (non-hydrogen) atoms. The lowest BCUT2D eigenvalue weighted by molar-refractivity contribution is -0.0612. The summed E-state index contributed by atoms with van der Waals surface area (Å²) in [5.74, 6) is 0.178. The molecule has 2 aliphatic rings.